The fraction of sp³-hybridized carbons (Fsp3) is 0.150. The molecule has 9 heteroatoms. The maximum Gasteiger partial charge on any atom is 0.457 e. The smallest absolute Gasteiger partial charge is 0.457 e. The lowest BCUT2D eigenvalue weighted by Crippen LogP contribution is -2.45. The van der Waals surface area contributed by atoms with Gasteiger partial charge in [0.2, 0.25) is 5.82 Å². The minimum Gasteiger partial charge on any atom is -0.459 e. The zero-order valence-corrected chi connectivity index (χ0v) is 15.3. The molecule has 0 aliphatic heterocycles. The van der Waals surface area contributed by atoms with Crippen LogP contribution in [0.5, 0.6) is 0 Å². The van der Waals surface area contributed by atoms with E-state index in [2.05, 4.69) is 15.0 Å². The number of nitrogens with zero attached hydrogens (tertiary/aromatic N) is 5. The van der Waals surface area contributed by atoms with E-state index in [0.29, 0.717) is 11.1 Å². The largest absolute Gasteiger partial charge is 0.459 e. The number of benzene rings is 2. The van der Waals surface area contributed by atoms with Gasteiger partial charge in [-0.15, -0.1) is 0 Å². The number of ether oxygens (including phenoxy) is 1. The third-order valence-corrected chi connectivity index (χ3v) is 4.03. The summed E-state index contributed by atoms with van der Waals surface area (Å²) in [5.74, 6) is -1.76. The van der Waals surface area contributed by atoms with Crippen LogP contribution in [0.15, 0.2) is 60.7 Å². The number of carbonyl (C=O) groups excluding carboxylic acids is 1. The minimum absolute atomic E-state index is 0.0974. The number of esters is 1. The standard InChI is InChI=1S/C20H15N5O4/c1-2-29-19(26)20(13-21,25(27)28)18-23-16(14-9-5-3-6-10-14)22-17(24-18)15-11-7-4-8-12-15/h3-12H,2H2,1H3. The highest BCUT2D eigenvalue weighted by molar-refractivity contribution is 5.83. The molecule has 0 saturated carbocycles. The van der Waals surface area contributed by atoms with Crippen molar-refractivity contribution in [2.45, 2.75) is 12.5 Å². The summed E-state index contributed by atoms with van der Waals surface area (Å²) in [7, 11) is 0. The molecule has 1 unspecified atom stereocenters. The molecule has 0 spiro atoms. The fourth-order valence-corrected chi connectivity index (χ4v) is 2.59. The first-order chi connectivity index (χ1) is 14.0. The monoisotopic (exact) mass is 389 g/mol. The molecule has 0 radical (unpaired) electrons. The van der Waals surface area contributed by atoms with E-state index in [-0.39, 0.29) is 18.3 Å². The summed E-state index contributed by atoms with van der Waals surface area (Å²) < 4.78 is 4.80. The molecule has 1 aromatic heterocycles. The number of carbonyl (C=O) groups is 1. The predicted octanol–water partition coefficient (Wildman–Crippen LogP) is 2.76. The summed E-state index contributed by atoms with van der Waals surface area (Å²) in [5.41, 5.74) is -1.81. The van der Waals surface area contributed by atoms with Crippen LogP contribution in [0.1, 0.15) is 12.7 Å². The normalized spacial score (nSPS) is 12.4. The molecule has 9 nitrogen and oxygen atoms in total. The van der Waals surface area contributed by atoms with E-state index in [9.17, 15) is 20.2 Å². The molecule has 0 fully saturated rings. The maximum atomic E-state index is 12.4. The van der Waals surface area contributed by atoms with Gasteiger partial charge in [0.15, 0.2) is 17.7 Å². The minimum atomic E-state index is -2.91. The molecule has 0 bridgehead atoms. The van der Waals surface area contributed by atoms with Gasteiger partial charge in [-0.25, -0.2) is 19.7 Å². The molecular formula is C20H15N5O4. The zero-order chi connectivity index (χ0) is 20.9. The Morgan fingerprint density at radius 1 is 1.03 bits per heavy atom. The highest BCUT2D eigenvalue weighted by atomic mass is 16.6. The lowest BCUT2D eigenvalue weighted by molar-refractivity contribution is -0.548. The Bertz CT molecular complexity index is 1030. The van der Waals surface area contributed by atoms with Gasteiger partial charge < -0.3 is 4.74 Å². The first-order valence-electron chi connectivity index (χ1n) is 8.63. The van der Waals surface area contributed by atoms with Gasteiger partial charge in [-0.1, -0.05) is 60.7 Å². The van der Waals surface area contributed by atoms with Crippen molar-refractivity contribution in [1.82, 2.24) is 15.0 Å². The Labute approximate surface area is 165 Å². The van der Waals surface area contributed by atoms with Crippen LogP contribution in [0.2, 0.25) is 0 Å². The number of rotatable bonds is 6. The average Bonchev–Trinajstić information content (AvgIpc) is 2.76. The zero-order valence-electron chi connectivity index (χ0n) is 15.3. The summed E-state index contributed by atoms with van der Waals surface area (Å²) in [6.07, 6.45) is 0. The molecule has 1 atom stereocenters. The Hall–Kier alpha value is -4.19. The highest BCUT2D eigenvalue weighted by Gasteiger charge is 2.59. The lowest BCUT2D eigenvalue weighted by Gasteiger charge is -2.16. The quantitative estimate of drug-likeness (QED) is 0.357. The topological polar surface area (TPSA) is 132 Å². The summed E-state index contributed by atoms with van der Waals surface area (Å²) in [6, 6.07) is 18.8. The Morgan fingerprint density at radius 3 is 1.90 bits per heavy atom. The van der Waals surface area contributed by atoms with E-state index < -0.39 is 22.3 Å². The van der Waals surface area contributed by atoms with Crippen LogP contribution < -0.4 is 0 Å². The second-order valence-electron chi connectivity index (χ2n) is 5.84. The fourth-order valence-electron chi connectivity index (χ4n) is 2.59. The van der Waals surface area contributed by atoms with Gasteiger partial charge in [-0.3, -0.25) is 10.1 Å². The van der Waals surface area contributed by atoms with Gasteiger partial charge in [0.25, 0.3) is 0 Å². The number of aromatic nitrogens is 3. The van der Waals surface area contributed by atoms with Crippen LogP contribution in [0.25, 0.3) is 22.8 Å². The number of nitro groups is 1. The molecule has 1 heterocycles. The van der Waals surface area contributed by atoms with E-state index in [1.165, 1.54) is 13.0 Å². The van der Waals surface area contributed by atoms with Gasteiger partial charge in [0.1, 0.15) is 0 Å². The van der Waals surface area contributed by atoms with Crippen molar-refractivity contribution in [3.8, 4) is 28.8 Å². The Kier molecular flexibility index (Phi) is 5.55. The van der Waals surface area contributed by atoms with Crippen LogP contribution in [-0.2, 0) is 15.1 Å². The third-order valence-electron chi connectivity index (χ3n) is 4.03. The van der Waals surface area contributed by atoms with Crippen molar-refractivity contribution in [1.29, 1.82) is 5.26 Å². The first kappa shape index (κ1) is 19.6. The van der Waals surface area contributed by atoms with E-state index in [0.717, 1.165) is 0 Å². The second kappa shape index (κ2) is 8.22. The summed E-state index contributed by atoms with van der Waals surface area (Å²) in [6.45, 7) is 1.34. The maximum absolute atomic E-state index is 12.4. The van der Waals surface area contributed by atoms with Crippen LogP contribution in [0, 0.1) is 21.4 Å². The first-order valence-corrected chi connectivity index (χ1v) is 8.63. The van der Waals surface area contributed by atoms with Crippen molar-refractivity contribution in [2.24, 2.45) is 0 Å². The molecule has 29 heavy (non-hydrogen) atoms. The van der Waals surface area contributed by atoms with Crippen LogP contribution in [-0.4, -0.2) is 32.5 Å². The number of hydrogen-bond donors (Lipinski definition) is 0. The molecule has 2 aromatic carbocycles. The highest BCUT2D eigenvalue weighted by Crippen LogP contribution is 2.28. The molecule has 3 aromatic rings. The number of nitriles is 1. The van der Waals surface area contributed by atoms with Crippen molar-refractivity contribution in [3.05, 3.63) is 76.6 Å². The van der Waals surface area contributed by atoms with Crippen LogP contribution in [0.4, 0.5) is 0 Å². The van der Waals surface area contributed by atoms with Crippen LogP contribution >= 0.6 is 0 Å². The molecule has 0 N–H and O–H groups in total. The van der Waals surface area contributed by atoms with Gasteiger partial charge >= 0.3 is 11.5 Å². The molecular weight excluding hydrogens is 374 g/mol. The second-order valence-corrected chi connectivity index (χ2v) is 5.84. The van der Waals surface area contributed by atoms with E-state index in [1.54, 1.807) is 60.7 Å². The van der Waals surface area contributed by atoms with E-state index >= 15 is 0 Å². The molecule has 3 rings (SSSR count). The predicted molar refractivity (Wildman–Crippen MR) is 102 cm³/mol. The number of hydrogen-bond acceptors (Lipinski definition) is 8. The summed E-state index contributed by atoms with van der Waals surface area (Å²) >= 11 is 0. The third kappa shape index (κ3) is 3.64. The van der Waals surface area contributed by atoms with Gasteiger partial charge in [-0.2, -0.15) is 5.26 Å². The average molecular weight is 389 g/mol. The molecule has 0 amide bonds. The summed E-state index contributed by atoms with van der Waals surface area (Å²) in [5, 5.41) is 21.5. The summed E-state index contributed by atoms with van der Waals surface area (Å²) in [4.78, 5) is 35.9. The lowest BCUT2D eigenvalue weighted by atomic mass is 10.0. The van der Waals surface area contributed by atoms with Crippen molar-refractivity contribution in [3.63, 3.8) is 0 Å². The SMILES string of the molecule is CCOC(=O)C(C#N)(c1nc(-c2ccccc2)nc(-c2ccccc2)n1)[N+](=O)[O-]. The van der Waals surface area contributed by atoms with Crippen LogP contribution in [0.3, 0.4) is 0 Å². The van der Waals surface area contributed by atoms with Gasteiger partial charge in [-0.05, 0) is 6.92 Å². The molecule has 144 valence electrons. The van der Waals surface area contributed by atoms with E-state index in [1.807, 2.05) is 0 Å². The Balaban J connectivity index is 2.31. The van der Waals surface area contributed by atoms with Crippen molar-refractivity contribution >= 4 is 5.97 Å². The molecule has 0 saturated heterocycles. The van der Waals surface area contributed by atoms with E-state index in [4.69, 9.17) is 4.74 Å². The molecule has 0 aliphatic rings. The van der Waals surface area contributed by atoms with Gasteiger partial charge in [0.05, 0.1) is 11.5 Å². The molecule has 0 aliphatic carbocycles. The Morgan fingerprint density at radius 2 is 1.52 bits per heavy atom. The van der Waals surface area contributed by atoms with Crippen molar-refractivity contribution in [2.75, 3.05) is 6.61 Å². The van der Waals surface area contributed by atoms with Crippen molar-refractivity contribution < 1.29 is 14.5 Å². The van der Waals surface area contributed by atoms with Gasteiger partial charge in [0, 0.05) is 11.1 Å².